The molecule has 2 aromatic rings. The zero-order chi connectivity index (χ0) is 14.4. The molecule has 0 aliphatic carbocycles. The number of aryl methyl sites for hydroxylation is 1. The van der Waals surface area contributed by atoms with Gasteiger partial charge in [-0.15, -0.1) is 0 Å². The smallest absolute Gasteiger partial charge is 0.337 e. The van der Waals surface area contributed by atoms with E-state index in [0.29, 0.717) is 19.0 Å². The van der Waals surface area contributed by atoms with E-state index in [4.69, 9.17) is 9.84 Å². The van der Waals surface area contributed by atoms with E-state index in [9.17, 15) is 4.79 Å². The molecule has 0 aliphatic heterocycles. The predicted molar refractivity (Wildman–Crippen MR) is 76.4 cm³/mol. The summed E-state index contributed by atoms with van der Waals surface area (Å²) >= 11 is 0. The highest BCUT2D eigenvalue weighted by Gasteiger charge is 2.02. The topological polar surface area (TPSA) is 71.5 Å². The Bertz CT molecular complexity index is 582. The summed E-state index contributed by atoms with van der Waals surface area (Å²) in [4.78, 5) is 14.7. The summed E-state index contributed by atoms with van der Waals surface area (Å²) in [6.45, 7) is 3.11. The van der Waals surface area contributed by atoms with Gasteiger partial charge in [0.25, 0.3) is 0 Å². The van der Waals surface area contributed by atoms with E-state index in [2.05, 4.69) is 10.3 Å². The molecule has 0 spiro atoms. The Hall–Kier alpha value is -2.56. The van der Waals surface area contributed by atoms with E-state index < -0.39 is 5.97 Å². The minimum Gasteiger partial charge on any atom is -0.492 e. The largest absolute Gasteiger partial charge is 0.492 e. The Balaban J connectivity index is 1.77. The van der Waals surface area contributed by atoms with Crippen LogP contribution in [-0.4, -0.2) is 29.2 Å². The van der Waals surface area contributed by atoms with Crippen LogP contribution in [0.4, 0.5) is 5.82 Å². The normalized spacial score (nSPS) is 10.1. The van der Waals surface area contributed by atoms with Crippen LogP contribution in [0.2, 0.25) is 0 Å². The van der Waals surface area contributed by atoms with Gasteiger partial charge in [-0.25, -0.2) is 9.78 Å². The van der Waals surface area contributed by atoms with Gasteiger partial charge in [0.1, 0.15) is 18.2 Å². The van der Waals surface area contributed by atoms with E-state index in [-0.39, 0.29) is 5.56 Å². The van der Waals surface area contributed by atoms with Crippen molar-refractivity contribution in [2.75, 3.05) is 18.5 Å². The maximum absolute atomic E-state index is 10.7. The van der Waals surface area contributed by atoms with Crippen molar-refractivity contribution >= 4 is 11.8 Å². The first-order valence-electron chi connectivity index (χ1n) is 6.28. The summed E-state index contributed by atoms with van der Waals surface area (Å²) in [6, 6.07) is 11.0. The lowest BCUT2D eigenvalue weighted by atomic mass is 10.2. The number of nitrogens with one attached hydrogen (secondary N) is 1. The Morgan fingerprint density at radius 2 is 2.20 bits per heavy atom. The van der Waals surface area contributed by atoms with E-state index in [1.54, 1.807) is 6.07 Å². The molecule has 5 nitrogen and oxygen atoms in total. The molecule has 20 heavy (non-hydrogen) atoms. The first-order chi connectivity index (χ1) is 9.65. The molecule has 0 saturated carbocycles. The van der Waals surface area contributed by atoms with Gasteiger partial charge in [-0.3, -0.25) is 0 Å². The SMILES string of the molecule is Cc1cccc(OCCNc2ccc(C(=O)O)cn2)c1. The molecule has 0 fully saturated rings. The minimum atomic E-state index is -0.980. The van der Waals surface area contributed by atoms with Crippen molar-refractivity contribution in [3.63, 3.8) is 0 Å². The van der Waals surface area contributed by atoms with Crippen molar-refractivity contribution < 1.29 is 14.6 Å². The van der Waals surface area contributed by atoms with Crippen LogP contribution < -0.4 is 10.1 Å². The summed E-state index contributed by atoms with van der Waals surface area (Å²) in [5.74, 6) is 0.482. The van der Waals surface area contributed by atoms with Crippen LogP contribution in [0, 0.1) is 6.92 Å². The average Bonchev–Trinajstić information content (AvgIpc) is 2.44. The molecule has 0 atom stereocenters. The van der Waals surface area contributed by atoms with Crippen LogP contribution >= 0.6 is 0 Å². The molecular weight excluding hydrogens is 256 g/mol. The zero-order valence-corrected chi connectivity index (χ0v) is 11.2. The highest BCUT2D eigenvalue weighted by molar-refractivity contribution is 5.87. The summed E-state index contributed by atoms with van der Waals surface area (Å²) < 4.78 is 5.59. The third-order valence-corrected chi connectivity index (χ3v) is 2.68. The second-order valence-corrected chi connectivity index (χ2v) is 4.33. The predicted octanol–water partition coefficient (Wildman–Crippen LogP) is 2.58. The molecule has 2 N–H and O–H groups in total. The quantitative estimate of drug-likeness (QED) is 0.791. The molecule has 0 bridgehead atoms. The van der Waals surface area contributed by atoms with Crippen molar-refractivity contribution in [2.24, 2.45) is 0 Å². The first kappa shape index (κ1) is 13.9. The lowest BCUT2D eigenvalue weighted by Crippen LogP contribution is -2.12. The lowest BCUT2D eigenvalue weighted by Gasteiger charge is -2.08. The molecule has 1 aromatic carbocycles. The number of rotatable bonds is 6. The number of aromatic nitrogens is 1. The molecule has 0 saturated heterocycles. The Kier molecular flexibility index (Phi) is 4.55. The van der Waals surface area contributed by atoms with Gasteiger partial charge < -0.3 is 15.2 Å². The molecule has 5 heteroatoms. The number of anilines is 1. The maximum atomic E-state index is 10.7. The van der Waals surface area contributed by atoms with Gasteiger partial charge in [-0.2, -0.15) is 0 Å². The molecule has 0 amide bonds. The minimum absolute atomic E-state index is 0.173. The van der Waals surface area contributed by atoms with Gasteiger partial charge in [-0.05, 0) is 36.8 Å². The van der Waals surface area contributed by atoms with Gasteiger partial charge in [0.15, 0.2) is 0 Å². The summed E-state index contributed by atoms with van der Waals surface area (Å²) in [7, 11) is 0. The third-order valence-electron chi connectivity index (χ3n) is 2.68. The molecule has 0 radical (unpaired) electrons. The average molecular weight is 272 g/mol. The number of benzene rings is 1. The van der Waals surface area contributed by atoms with Crippen molar-refractivity contribution in [3.8, 4) is 5.75 Å². The van der Waals surface area contributed by atoms with Gasteiger partial charge in [-0.1, -0.05) is 12.1 Å². The number of hydrogen-bond donors (Lipinski definition) is 2. The second-order valence-electron chi connectivity index (χ2n) is 4.33. The number of pyridine rings is 1. The van der Waals surface area contributed by atoms with Crippen LogP contribution in [0.1, 0.15) is 15.9 Å². The van der Waals surface area contributed by atoms with Crippen molar-refractivity contribution in [1.82, 2.24) is 4.98 Å². The Labute approximate surface area is 117 Å². The van der Waals surface area contributed by atoms with E-state index >= 15 is 0 Å². The fourth-order valence-corrected chi connectivity index (χ4v) is 1.68. The standard InChI is InChI=1S/C15H16N2O3/c1-11-3-2-4-13(9-11)20-8-7-16-14-6-5-12(10-17-14)15(18)19/h2-6,9-10H,7-8H2,1H3,(H,16,17)(H,18,19). The van der Waals surface area contributed by atoms with E-state index in [1.165, 1.54) is 12.3 Å². The number of carboxylic acid groups (broad SMARTS) is 1. The highest BCUT2D eigenvalue weighted by atomic mass is 16.5. The van der Waals surface area contributed by atoms with Gasteiger partial charge in [0.05, 0.1) is 12.1 Å². The maximum Gasteiger partial charge on any atom is 0.337 e. The number of nitrogens with zero attached hydrogens (tertiary/aromatic N) is 1. The molecule has 104 valence electrons. The van der Waals surface area contributed by atoms with Crippen LogP contribution in [0.25, 0.3) is 0 Å². The number of hydrogen-bond acceptors (Lipinski definition) is 4. The molecule has 0 unspecified atom stereocenters. The summed E-state index contributed by atoms with van der Waals surface area (Å²) in [5.41, 5.74) is 1.33. The highest BCUT2D eigenvalue weighted by Crippen LogP contribution is 2.12. The van der Waals surface area contributed by atoms with Crippen molar-refractivity contribution in [1.29, 1.82) is 0 Å². The monoisotopic (exact) mass is 272 g/mol. The van der Waals surface area contributed by atoms with Gasteiger partial charge >= 0.3 is 5.97 Å². The fourth-order valence-electron chi connectivity index (χ4n) is 1.68. The van der Waals surface area contributed by atoms with Crippen LogP contribution in [0.15, 0.2) is 42.6 Å². The van der Waals surface area contributed by atoms with Crippen molar-refractivity contribution in [3.05, 3.63) is 53.7 Å². The number of carboxylic acids is 1. The molecule has 1 heterocycles. The summed E-state index contributed by atoms with van der Waals surface area (Å²) in [6.07, 6.45) is 1.33. The Morgan fingerprint density at radius 1 is 1.35 bits per heavy atom. The van der Waals surface area contributed by atoms with E-state index in [0.717, 1.165) is 11.3 Å². The van der Waals surface area contributed by atoms with Crippen LogP contribution in [0.5, 0.6) is 5.75 Å². The van der Waals surface area contributed by atoms with Crippen LogP contribution in [0.3, 0.4) is 0 Å². The van der Waals surface area contributed by atoms with E-state index in [1.807, 2.05) is 31.2 Å². The second kappa shape index (κ2) is 6.56. The number of carbonyl (C=O) groups is 1. The zero-order valence-electron chi connectivity index (χ0n) is 11.2. The third kappa shape index (κ3) is 3.98. The summed E-state index contributed by atoms with van der Waals surface area (Å²) in [5, 5.41) is 11.8. The molecule has 2 rings (SSSR count). The van der Waals surface area contributed by atoms with Crippen LogP contribution in [-0.2, 0) is 0 Å². The number of ether oxygens (including phenoxy) is 1. The Morgan fingerprint density at radius 3 is 2.85 bits per heavy atom. The first-order valence-corrected chi connectivity index (χ1v) is 6.28. The van der Waals surface area contributed by atoms with Crippen molar-refractivity contribution in [2.45, 2.75) is 6.92 Å². The molecule has 0 aliphatic rings. The number of aromatic carboxylic acids is 1. The van der Waals surface area contributed by atoms with Gasteiger partial charge in [0.2, 0.25) is 0 Å². The molecule has 1 aromatic heterocycles. The van der Waals surface area contributed by atoms with Gasteiger partial charge in [0, 0.05) is 6.20 Å². The molecular formula is C15H16N2O3. The fraction of sp³-hybridized carbons (Fsp3) is 0.200. The lowest BCUT2D eigenvalue weighted by molar-refractivity contribution is 0.0696.